The smallest absolute Gasteiger partial charge is 0.0963 e. The number of nitrogens with zero attached hydrogens (tertiary/aromatic N) is 2. The lowest BCUT2D eigenvalue weighted by molar-refractivity contribution is 1.18. The average molecular weight is 376 g/mol. The first-order valence-electron chi connectivity index (χ1n) is 9.31. The van der Waals surface area contributed by atoms with E-state index >= 15 is 0 Å². The molecule has 6 rings (SSSR count). The Bertz CT molecular complexity index is 1440. The Morgan fingerprint density at radius 1 is 0.679 bits per heavy atom. The maximum atomic E-state index is 4.69. The third-order valence-electron chi connectivity index (χ3n) is 5.35. The van der Waals surface area contributed by atoms with Crippen LogP contribution in [0, 0.1) is 0 Å². The number of rotatable bonds is 2. The van der Waals surface area contributed by atoms with Crippen LogP contribution in [0.2, 0.25) is 0 Å². The van der Waals surface area contributed by atoms with E-state index in [1.807, 2.05) is 12.3 Å². The first kappa shape index (κ1) is 15.6. The van der Waals surface area contributed by atoms with Crippen molar-refractivity contribution in [2.24, 2.45) is 0 Å². The van der Waals surface area contributed by atoms with Gasteiger partial charge in [-0.2, -0.15) is 0 Å². The monoisotopic (exact) mass is 376 g/mol. The van der Waals surface area contributed by atoms with Crippen molar-refractivity contribution in [1.29, 1.82) is 0 Å². The lowest BCUT2D eigenvalue weighted by Gasteiger charge is -2.10. The number of hydrogen-bond acceptors (Lipinski definition) is 2. The normalized spacial score (nSPS) is 11.6. The Morgan fingerprint density at radius 2 is 1.50 bits per heavy atom. The highest BCUT2D eigenvalue weighted by molar-refractivity contribution is 7.17. The van der Waals surface area contributed by atoms with Crippen molar-refractivity contribution in [2.45, 2.75) is 0 Å². The van der Waals surface area contributed by atoms with E-state index in [-0.39, 0.29) is 0 Å². The Balaban J connectivity index is 1.66. The molecule has 0 aliphatic heterocycles. The SMILES string of the molecule is c1ccc(-c2ccc(-n3c4cccnc4c4ccc5sccc5c43)cc2)cc1. The molecular formula is C25H16N2S. The van der Waals surface area contributed by atoms with Gasteiger partial charge in [0.25, 0.3) is 0 Å². The number of pyridine rings is 1. The maximum Gasteiger partial charge on any atom is 0.0963 e. The lowest BCUT2D eigenvalue weighted by atomic mass is 10.1. The van der Waals surface area contributed by atoms with Crippen LogP contribution in [0.25, 0.3) is 48.8 Å². The summed E-state index contributed by atoms with van der Waals surface area (Å²) in [4.78, 5) is 4.69. The van der Waals surface area contributed by atoms with Gasteiger partial charge in [-0.1, -0.05) is 42.5 Å². The topological polar surface area (TPSA) is 17.8 Å². The zero-order valence-electron chi connectivity index (χ0n) is 15.0. The van der Waals surface area contributed by atoms with E-state index in [1.165, 1.54) is 32.1 Å². The molecular weight excluding hydrogens is 360 g/mol. The van der Waals surface area contributed by atoms with E-state index in [0.717, 1.165) is 16.7 Å². The van der Waals surface area contributed by atoms with Gasteiger partial charge < -0.3 is 4.57 Å². The number of thiophene rings is 1. The van der Waals surface area contributed by atoms with E-state index in [4.69, 9.17) is 4.98 Å². The van der Waals surface area contributed by atoms with Crippen LogP contribution in [0.3, 0.4) is 0 Å². The zero-order chi connectivity index (χ0) is 18.5. The molecule has 0 saturated heterocycles. The van der Waals surface area contributed by atoms with Crippen LogP contribution in [0.4, 0.5) is 0 Å². The molecule has 2 nitrogen and oxygen atoms in total. The summed E-state index contributed by atoms with van der Waals surface area (Å²) < 4.78 is 3.65. The molecule has 3 aromatic carbocycles. The Morgan fingerprint density at radius 3 is 2.36 bits per heavy atom. The van der Waals surface area contributed by atoms with Gasteiger partial charge in [-0.15, -0.1) is 11.3 Å². The molecule has 0 fully saturated rings. The van der Waals surface area contributed by atoms with Crippen LogP contribution in [0.5, 0.6) is 0 Å². The van der Waals surface area contributed by atoms with E-state index < -0.39 is 0 Å². The average Bonchev–Trinajstić information content (AvgIpc) is 3.37. The van der Waals surface area contributed by atoms with Crippen LogP contribution >= 0.6 is 11.3 Å². The van der Waals surface area contributed by atoms with Crippen LogP contribution in [-0.4, -0.2) is 9.55 Å². The highest BCUT2D eigenvalue weighted by Crippen LogP contribution is 2.37. The molecule has 0 aliphatic rings. The van der Waals surface area contributed by atoms with Crippen molar-refractivity contribution in [2.75, 3.05) is 0 Å². The minimum atomic E-state index is 1.05. The van der Waals surface area contributed by atoms with Crippen molar-refractivity contribution in [3.05, 3.63) is 96.5 Å². The summed E-state index contributed by atoms with van der Waals surface area (Å²) in [5, 5.41) is 4.65. The molecule has 0 saturated carbocycles. The highest BCUT2D eigenvalue weighted by atomic mass is 32.1. The summed E-state index contributed by atoms with van der Waals surface area (Å²) in [6, 6.07) is 30.1. The Hall–Kier alpha value is -3.43. The molecule has 0 spiro atoms. The number of hydrogen-bond donors (Lipinski definition) is 0. The maximum absolute atomic E-state index is 4.69. The van der Waals surface area contributed by atoms with Gasteiger partial charge in [0, 0.05) is 27.4 Å². The summed E-state index contributed by atoms with van der Waals surface area (Å²) in [7, 11) is 0. The second-order valence-corrected chi connectivity index (χ2v) is 7.86. The molecule has 0 N–H and O–H groups in total. The molecule has 3 aromatic heterocycles. The highest BCUT2D eigenvalue weighted by Gasteiger charge is 2.16. The minimum Gasteiger partial charge on any atom is -0.307 e. The van der Waals surface area contributed by atoms with E-state index in [2.05, 4.69) is 88.8 Å². The van der Waals surface area contributed by atoms with Crippen molar-refractivity contribution >= 4 is 43.4 Å². The third-order valence-corrected chi connectivity index (χ3v) is 6.23. The van der Waals surface area contributed by atoms with E-state index in [9.17, 15) is 0 Å². The standard InChI is InChI=1S/C25H16N2S/c1-2-5-17(6-3-1)18-8-10-19(11-9-18)27-22-7-4-15-26-24(22)21-12-13-23-20(25(21)27)14-16-28-23/h1-16H. The number of aromatic nitrogens is 2. The molecule has 0 amide bonds. The van der Waals surface area contributed by atoms with Crippen molar-refractivity contribution in [3.8, 4) is 16.8 Å². The predicted molar refractivity (Wildman–Crippen MR) is 119 cm³/mol. The van der Waals surface area contributed by atoms with Gasteiger partial charge in [-0.05, 0) is 59.0 Å². The molecule has 3 heteroatoms. The third kappa shape index (κ3) is 2.23. The first-order chi connectivity index (χ1) is 13.9. The Labute approximate surface area is 166 Å². The summed E-state index contributed by atoms with van der Waals surface area (Å²) in [5.74, 6) is 0. The first-order valence-corrected chi connectivity index (χ1v) is 10.2. The molecule has 0 aliphatic carbocycles. The van der Waals surface area contributed by atoms with Gasteiger partial charge in [-0.25, -0.2) is 0 Å². The van der Waals surface area contributed by atoms with E-state index in [1.54, 1.807) is 11.3 Å². The molecule has 132 valence electrons. The molecule has 6 aromatic rings. The van der Waals surface area contributed by atoms with Crippen LogP contribution in [0.1, 0.15) is 0 Å². The molecule has 0 radical (unpaired) electrons. The number of fused-ring (bicyclic) bond motifs is 5. The summed E-state index contributed by atoms with van der Waals surface area (Å²) >= 11 is 1.78. The van der Waals surface area contributed by atoms with Crippen LogP contribution in [-0.2, 0) is 0 Å². The van der Waals surface area contributed by atoms with Crippen molar-refractivity contribution < 1.29 is 0 Å². The van der Waals surface area contributed by atoms with Gasteiger partial charge in [0.15, 0.2) is 0 Å². The van der Waals surface area contributed by atoms with Gasteiger partial charge >= 0.3 is 0 Å². The van der Waals surface area contributed by atoms with Gasteiger partial charge in [0.05, 0.1) is 16.6 Å². The molecule has 3 heterocycles. The molecule has 0 bridgehead atoms. The van der Waals surface area contributed by atoms with Crippen molar-refractivity contribution in [1.82, 2.24) is 9.55 Å². The lowest BCUT2D eigenvalue weighted by Crippen LogP contribution is -1.94. The summed E-state index contributed by atoms with van der Waals surface area (Å²) in [6.45, 7) is 0. The minimum absolute atomic E-state index is 1.05. The van der Waals surface area contributed by atoms with E-state index in [0.29, 0.717) is 0 Å². The largest absolute Gasteiger partial charge is 0.307 e. The fourth-order valence-electron chi connectivity index (χ4n) is 4.07. The molecule has 0 atom stereocenters. The zero-order valence-corrected chi connectivity index (χ0v) is 15.9. The molecule has 28 heavy (non-hydrogen) atoms. The second-order valence-electron chi connectivity index (χ2n) is 6.91. The number of benzene rings is 3. The van der Waals surface area contributed by atoms with Crippen molar-refractivity contribution in [3.63, 3.8) is 0 Å². The van der Waals surface area contributed by atoms with Crippen LogP contribution < -0.4 is 0 Å². The van der Waals surface area contributed by atoms with Crippen LogP contribution in [0.15, 0.2) is 96.5 Å². The van der Waals surface area contributed by atoms with Gasteiger partial charge in [0.2, 0.25) is 0 Å². The fourth-order valence-corrected chi connectivity index (χ4v) is 4.86. The summed E-state index contributed by atoms with van der Waals surface area (Å²) in [5.41, 5.74) is 7.05. The fraction of sp³-hybridized carbons (Fsp3) is 0. The quantitative estimate of drug-likeness (QED) is 0.316. The predicted octanol–water partition coefficient (Wildman–Crippen LogP) is 7.06. The summed E-state index contributed by atoms with van der Waals surface area (Å²) in [6.07, 6.45) is 1.88. The van der Waals surface area contributed by atoms with Gasteiger partial charge in [-0.3, -0.25) is 4.98 Å². The molecule has 0 unspecified atom stereocenters. The Kier molecular flexibility index (Phi) is 3.37. The second kappa shape index (κ2) is 6.04. The van der Waals surface area contributed by atoms with Gasteiger partial charge in [0.1, 0.15) is 0 Å².